The Balaban J connectivity index is 4.84. The summed E-state index contributed by atoms with van der Waals surface area (Å²) in [6.45, 7) is 12.1. The minimum absolute atomic E-state index is 1.19. The fourth-order valence-corrected chi connectivity index (χ4v) is 1.06. The second-order valence-electron chi connectivity index (χ2n) is 3.06. The van der Waals surface area contributed by atoms with Crippen LogP contribution in [0.5, 0.6) is 0 Å². The normalized spacial score (nSPS) is 12.7. The maximum atomic E-state index is 3.77. The average Bonchev–Trinajstić information content (AvgIpc) is 1.98. The molecule has 0 rings (SSSR count). The van der Waals surface area contributed by atoms with E-state index in [-0.39, 0.29) is 0 Å². The highest BCUT2D eigenvalue weighted by atomic mass is 14.0. The summed E-state index contributed by atoms with van der Waals surface area (Å²) in [5, 5.41) is 0. The van der Waals surface area contributed by atoms with Gasteiger partial charge in [-0.3, -0.25) is 0 Å². The van der Waals surface area contributed by atoms with Crippen LogP contribution in [0, 0.1) is 0 Å². The van der Waals surface area contributed by atoms with Gasteiger partial charge in [-0.05, 0) is 38.8 Å². The van der Waals surface area contributed by atoms with E-state index in [4.69, 9.17) is 0 Å². The van der Waals surface area contributed by atoms with Crippen molar-refractivity contribution in [3.63, 3.8) is 0 Å². The van der Waals surface area contributed by atoms with Crippen molar-refractivity contribution in [3.8, 4) is 0 Å². The van der Waals surface area contributed by atoms with Gasteiger partial charge in [0, 0.05) is 0 Å². The predicted molar refractivity (Wildman–Crippen MR) is 57.1 cm³/mol. The molecule has 66 valence electrons. The lowest BCUT2D eigenvalue weighted by Crippen LogP contribution is -1.78. The van der Waals surface area contributed by atoms with Crippen molar-refractivity contribution in [2.75, 3.05) is 0 Å². The molecule has 0 heterocycles. The second kappa shape index (κ2) is 5.59. The van der Waals surface area contributed by atoms with Crippen molar-refractivity contribution >= 4 is 0 Å². The van der Waals surface area contributed by atoms with Gasteiger partial charge in [0.05, 0.1) is 0 Å². The van der Waals surface area contributed by atoms with Gasteiger partial charge in [0.2, 0.25) is 0 Å². The first-order chi connectivity index (χ1) is 5.61. The van der Waals surface area contributed by atoms with E-state index in [9.17, 15) is 0 Å². The molecule has 0 atom stereocenters. The molecule has 0 fully saturated rings. The van der Waals surface area contributed by atoms with E-state index in [1.807, 2.05) is 19.1 Å². The standard InChI is InChI=1S/C12H18/c1-6-8-12(7-2)11(5)9-10(3)4/h6-9H,2H2,1,3-5H3/b8-6-,12-11+. The van der Waals surface area contributed by atoms with E-state index < -0.39 is 0 Å². The quantitative estimate of drug-likeness (QED) is 0.549. The lowest BCUT2D eigenvalue weighted by atomic mass is 10.1. The number of rotatable bonds is 3. The number of hydrogen-bond acceptors (Lipinski definition) is 0. The number of hydrogen-bond donors (Lipinski definition) is 0. The number of allylic oxidation sites excluding steroid dienone is 7. The van der Waals surface area contributed by atoms with Crippen LogP contribution in [-0.2, 0) is 0 Å². The van der Waals surface area contributed by atoms with Crippen molar-refractivity contribution < 1.29 is 0 Å². The smallest absolute Gasteiger partial charge is 0.0237 e. The average molecular weight is 162 g/mol. The summed E-state index contributed by atoms with van der Waals surface area (Å²) >= 11 is 0. The Hall–Kier alpha value is -1.04. The van der Waals surface area contributed by atoms with Crippen LogP contribution in [0.4, 0.5) is 0 Å². The fourth-order valence-electron chi connectivity index (χ4n) is 1.06. The van der Waals surface area contributed by atoms with Crippen LogP contribution in [0.2, 0.25) is 0 Å². The molecular formula is C12H18. The molecule has 0 spiro atoms. The molecule has 0 amide bonds. The summed E-state index contributed by atoms with van der Waals surface area (Å²) in [5.41, 5.74) is 3.78. The largest absolute Gasteiger partial charge is 0.0985 e. The van der Waals surface area contributed by atoms with Crippen molar-refractivity contribution in [2.24, 2.45) is 0 Å². The van der Waals surface area contributed by atoms with Crippen LogP contribution < -0.4 is 0 Å². The molecule has 0 aromatic heterocycles. The molecule has 0 aliphatic rings. The highest BCUT2D eigenvalue weighted by Crippen LogP contribution is 2.10. The van der Waals surface area contributed by atoms with Crippen LogP contribution in [0.15, 0.2) is 47.6 Å². The zero-order valence-corrected chi connectivity index (χ0v) is 8.52. The van der Waals surface area contributed by atoms with Gasteiger partial charge >= 0.3 is 0 Å². The summed E-state index contributed by atoms with van der Waals surface area (Å²) in [6.07, 6.45) is 8.15. The van der Waals surface area contributed by atoms with Crippen molar-refractivity contribution in [1.82, 2.24) is 0 Å². The Morgan fingerprint density at radius 1 is 1.17 bits per heavy atom. The van der Waals surface area contributed by atoms with Gasteiger partial charge in [-0.25, -0.2) is 0 Å². The molecule has 12 heavy (non-hydrogen) atoms. The molecule has 0 saturated carbocycles. The zero-order chi connectivity index (χ0) is 9.56. The van der Waals surface area contributed by atoms with Gasteiger partial charge in [0.15, 0.2) is 0 Å². The lowest BCUT2D eigenvalue weighted by Gasteiger charge is -1.99. The summed E-state index contributed by atoms with van der Waals surface area (Å²) in [7, 11) is 0. The fraction of sp³-hybridized carbons (Fsp3) is 0.333. The molecule has 0 bridgehead atoms. The first-order valence-corrected chi connectivity index (χ1v) is 4.22. The van der Waals surface area contributed by atoms with Crippen LogP contribution >= 0.6 is 0 Å². The van der Waals surface area contributed by atoms with Crippen LogP contribution in [0.25, 0.3) is 0 Å². The van der Waals surface area contributed by atoms with Crippen LogP contribution in [0.3, 0.4) is 0 Å². The molecule has 0 aliphatic heterocycles. The van der Waals surface area contributed by atoms with Gasteiger partial charge in [-0.15, -0.1) is 0 Å². The minimum atomic E-state index is 1.19. The van der Waals surface area contributed by atoms with Gasteiger partial charge in [-0.1, -0.05) is 36.5 Å². The topological polar surface area (TPSA) is 0 Å². The van der Waals surface area contributed by atoms with Gasteiger partial charge in [0.1, 0.15) is 0 Å². The lowest BCUT2D eigenvalue weighted by molar-refractivity contribution is 1.33. The summed E-state index contributed by atoms with van der Waals surface area (Å²) in [6, 6.07) is 0. The third kappa shape index (κ3) is 3.97. The highest BCUT2D eigenvalue weighted by Gasteiger charge is 1.90. The third-order valence-electron chi connectivity index (χ3n) is 1.53. The predicted octanol–water partition coefficient (Wildman–Crippen LogP) is 4.03. The zero-order valence-electron chi connectivity index (χ0n) is 8.52. The first kappa shape index (κ1) is 11.0. The summed E-state index contributed by atoms with van der Waals surface area (Å²) in [5.74, 6) is 0. The maximum absolute atomic E-state index is 3.77. The molecule has 0 saturated heterocycles. The van der Waals surface area contributed by atoms with Crippen molar-refractivity contribution in [1.29, 1.82) is 0 Å². The molecule has 0 aromatic rings. The minimum Gasteiger partial charge on any atom is -0.0985 e. The molecule has 0 aliphatic carbocycles. The Labute approximate surface area is 76.0 Å². The van der Waals surface area contributed by atoms with Gasteiger partial charge in [0.25, 0.3) is 0 Å². The monoisotopic (exact) mass is 162 g/mol. The van der Waals surface area contributed by atoms with E-state index in [2.05, 4.69) is 39.5 Å². The Bertz CT molecular complexity index is 233. The first-order valence-electron chi connectivity index (χ1n) is 4.22. The third-order valence-corrected chi connectivity index (χ3v) is 1.53. The van der Waals surface area contributed by atoms with Crippen LogP contribution in [-0.4, -0.2) is 0 Å². The Morgan fingerprint density at radius 3 is 2.08 bits per heavy atom. The molecule has 0 radical (unpaired) electrons. The van der Waals surface area contributed by atoms with E-state index in [0.29, 0.717) is 0 Å². The van der Waals surface area contributed by atoms with Crippen LogP contribution in [0.1, 0.15) is 27.7 Å². The van der Waals surface area contributed by atoms with E-state index in [1.54, 1.807) is 0 Å². The van der Waals surface area contributed by atoms with E-state index >= 15 is 0 Å². The van der Waals surface area contributed by atoms with Gasteiger partial charge < -0.3 is 0 Å². The summed E-state index contributed by atoms with van der Waals surface area (Å²) in [4.78, 5) is 0. The second-order valence-corrected chi connectivity index (χ2v) is 3.06. The molecular weight excluding hydrogens is 144 g/mol. The maximum Gasteiger partial charge on any atom is -0.0237 e. The molecule has 0 N–H and O–H groups in total. The molecule has 0 heteroatoms. The molecule has 0 unspecified atom stereocenters. The Morgan fingerprint density at radius 2 is 1.75 bits per heavy atom. The Kier molecular flexibility index (Phi) is 5.11. The van der Waals surface area contributed by atoms with Crippen molar-refractivity contribution in [3.05, 3.63) is 47.6 Å². The van der Waals surface area contributed by atoms with Crippen molar-refractivity contribution in [2.45, 2.75) is 27.7 Å². The summed E-state index contributed by atoms with van der Waals surface area (Å²) < 4.78 is 0. The SMILES string of the molecule is C=CC(/C=C\C)=C(/C)C=C(C)C. The van der Waals surface area contributed by atoms with E-state index in [1.165, 1.54) is 16.7 Å². The molecule has 0 aromatic carbocycles. The molecule has 0 nitrogen and oxygen atoms in total. The van der Waals surface area contributed by atoms with Gasteiger partial charge in [-0.2, -0.15) is 0 Å². The van der Waals surface area contributed by atoms with E-state index in [0.717, 1.165) is 0 Å². The highest BCUT2D eigenvalue weighted by molar-refractivity contribution is 5.39.